The molecule has 1 rings (SSSR count). The lowest BCUT2D eigenvalue weighted by molar-refractivity contribution is 0.0908. The molecule has 0 aliphatic carbocycles. The lowest BCUT2D eigenvalue weighted by Gasteiger charge is -2.25. The van der Waals surface area contributed by atoms with Crippen molar-refractivity contribution < 1.29 is 4.79 Å². The maximum atomic E-state index is 12.1. The second-order valence-corrected chi connectivity index (χ2v) is 5.09. The first kappa shape index (κ1) is 13.8. The molecule has 0 fully saturated rings. The Morgan fingerprint density at radius 3 is 2.53 bits per heavy atom. The average molecular weight is 237 g/mol. The average Bonchev–Trinajstić information content (AvgIpc) is 2.62. The molecule has 1 aromatic heterocycles. The van der Waals surface area contributed by atoms with Crippen molar-refractivity contribution in [2.45, 2.75) is 19.9 Å². The first-order valence-corrected chi connectivity index (χ1v) is 5.98. The summed E-state index contributed by atoms with van der Waals surface area (Å²) < 4.78 is 1.84. The Bertz CT molecular complexity index is 368. The lowest BCUT2D eigenvalue weighted by Crippen LogP contribution is -2.45. The van der Waals surface area contributed by atoms with Crippen LogP contribution in [-0.4, -0.2) is 42.1 Å². The van der Waals surface area contributed by atoms with Crippen molar-refractivity contribution in [2.24, 2.45) is 13.0 Å². The first-order valence-electron chi connectivity index (χ1n) is 5.98. The van der Waals surface area contributed by atoms with Crippen LogP contribution in [0.25, 0.3) is 0 Å². The zero-order valence-corrected chi connectivity index (χ0v) is 11.4. The number of rotatable bonds is 5. The number of nitrogens with one attached hydrogen (secondary N) is 1. The van der Waals surface area contributed by atoms with E-state index in [1.807, 2.05) is 44.0 Å². The third-order valence-corrected chi connectivity index (χ3v) is 2.86. The van der Waals surface area contributed by atoms with Gasteiger partial charge in [-0.05, 0) is 32.1 Å². The highest BCUT2D eigenvalue weighted by Gasteiger charge is 2.18. The van der Waals surface area contributed by atoms with Crippen molar-refractivity contribution in [1.82, 2.24) is 14.8 Å². The second kappa shape index (κ2) is 5.87. The summed E-state index contributed by atoms with van der Waals surface area (Å²) in [6.45, 7) is 5.10. The molecular weight excluding hydrogens is 214 g/mol. The van der Waals surface area contributed by atoms with E-state index in [9.17, 15) is 4.79 Å². The van der Waals surface area contributed by atoms with E-state index in [4.69, 9.17) is 0 Å². The van der Waals surface area contributed by atoms with E-state index in [0.717, 1.165) is 6.54 Å². The molecule has 0 bridgehead atoms. The van der Waals surface area contributed by atoms with Crippen LogP contribution in [0, 0.1) is 5.92 Å². The van der Waals surface area contributed by atoms with Gasteiger partial charge in [0.2, 0.25) is 0 Å². The molecule has 1 unspecified atom stereocenters. The van der Waals surface area contributed by atoms with Gasteiger partial charge < -0.3 is 14.8 Å². The molecule has 0 aliphatic heterocycles. The number of carbonyl (C=O) groups excluding carboxylic acids is 1. The fourth-order valence-corrected chi connectivity index (χ4v) is 1.76. The molecule has 1 atom stereocenters. The molecule has 96 valence electrons. The topological polar surface area (TPSA) is 37.3 Å². The van der Waals surface area contributed by atoms with Gasteiger partial charge >= 0.3 is 0 Å². The van der Waals surface area contributed by atoms with E-state index in [0.29, 0.717) is 11.6 Å². The van der Waals surface area contributed by atoms with E-state index in [1.165, 1.54) is 0 Å². The van der Waals surface area contributed by atoms with Crippen LogP contribution in [0.3, 0.4) is 0 Å². The SMILES string of the molecule is CC(C)C(CN(C)C)NC(=O)c1cccn1C. The van der Waals surface area contributed by atoms with E-state index in [-0.39, 0.29) is 11.9 Å². The van der Waals surface area contributed by atoms with Crippen LogP contribution in [0.15, 0.2) is 18.3 Å². The van der Waals surface area contributed by atoms with Crippen molar-refractivity contribution in [3.8, 4) is 0 Å². The minimum absolute atomic E-state index is 0.00181. The summed E-state index contributed by atoms with van der Waals surface area (Å²) in [6.07, 6.45) is 1.88. The highest BCUT2D eigenvalue weighted by Crippen LogP contribution is 2.06. The number of nitrogens with zero attached hydrogens (tertiary/aromatic N) is 2. The van der Waals surface area contributed by atoms with Crippen molar-refractivity contribution >= 4 is 5.91 Å². The molecule has 1 N–H and O–H groups in total. The Morgan fingerprint density at radius 1 is 1.47 bits per heavy atom. The normalized spacial score (nSPS) is 13.1. The van der Waals surface area contributed by atoms with E-state index >= 15 is 0 Å². The van der Waals surface area contributed by atoms with Gasteiger partial charge in [-0.1, -0.05) is 13.8 Å². The van der Waals surface area contributed by atoms with Crippen LogP contribution < -0.4 is 5.32 Å². The van der Waals surface area contributed by atoms with Gasteiger partial charge in [-0.3, -0.25) is 4.79 Å². The van der Waals surface area contributed by atoms with Crippen LogP contribution in [0.2, 0.25) is 0 Å². The summed E-state index contributed by atoms with van der Waals surface area (Å²) in [5, 5.41) is 3.09. The first-order chi connectivity index (χ1) is 7.91. The highest BCUT2D eigenvalue weighted by molar-refractivity contribution is 5.92. The minimum atomic E-state index is -0.00181. The summed E-state index contributed by atoms with van der Waals surface area (Å²) in [5.74, 6) is 0.416. The maximum Gasteiger partial charge on any atom is 0.268 e. The molecule has 0 saturated carbocycles. The van der Waals surface area contributed by atoms with Gasteiger partial charge in [-0.2, -0.15) is 0 Å². The quantitative estimate of drug-likeness (QED) is 0.839. The Balaban J connectivity index is 2.68. The largest absolute Gasteiger partial charge is 0.347 e. The molecule has 4 heteroatoms. The zero-order chi connectivity index (χ0) is 13.0. The lowest BCUT2D eigenvalue weighted by atomic mass is 10.0. The molecule has 0 spiro atoms. The van der Waals surface area contributed by atoms with E-state index < -0.39 is 0 Å². The number of aromatic nitrogens is 1. The second-order valence-electron chi connectivity index (χ2n) is 5.09. The standard InChI is InChI=1S/C13H23N3O/c1-10(2)11(9-15(3)4)14-13(17)12-7-6-8-16(12)5/h6-8,10-11H,9H2,1-5H3,(H,14,17). The number of aryl methyl sites for hydroxylation is 1. The molecule has 0 aliphatic rings. The Kier molecular flexibility index (Phi) is 4.75. The summed E-state index contributed by atoms with van der Waals surface area (Å²) in [6, 6.07) is 3.89. The Morgan fingerprint density at radius 2 is 2.12 bits per heavy atom. The summed E-state index contributed by atoms with van der Waals surface area (Å²) >= 11 is 0. The van der Waals surface area contributed by atoms with Crippen LogP contribution >= 0.6 is 0 Å². The smallest absolute Gasteiger partial charge is 0.268 e. The fourth-order valence-electron chi connectivity index (χ4n) is 1.76. The van der Waals surface area contributed by atoms with E-state index in [2.05, 4.69) is 24.1 Å². The van der Waals surface area contributed by atoms with Gasteiger partial charge in [0.15, 0.2) is 0 Å². The molecule has 4 nitrogen and oxygen atoms in total. The van der Waals surface area contributed by atoms with Crippen molar-refractivity contribution in [3.05, 3.63) is 24.0 Å². The van der Waals surface area contributed by atoms with Crippen LogP contribution in [0.5, 0.6) is 0 Å². The third-order valence-electron chi connectivity index (χ3n) is 2.86. The number of amides is 1. The van der Waals surface area contributed by atoms with Gasteiger partial charge in [-0.15, -0.1) is 0 Å². The minimum Gasteiger partial charge on any atom is -0.347 e. The third kappa shape index (κ3) is 3.89. The van der Waals surface area contributed by atoms with Crippen molar-refractivity contribution in [1.29, 1.82) is 0 Å². The van der Waals surface area contributed by atoms with Gasteiger partial charge in [0.1, 0.15) is 5.69 Å². The maximum absolute atomic E-state index is 12.1. The van der Waals surface area contributed by atoms with E-state index in [1.54, 1.807) is 0 Å². The molecule has 1 heterocycles. The summed E-state index contributed by atoms with van der Waals surface area (Å²) in [7, 11) is 5.92. The number of carbonyl (C=O) groups is 1. The molecule has 17 heavy (non-hydrogen) atoms. The predicted molar refractivity (Wildman–Crippen MR) is 70.1 cm³/mol. The van der Waals surface area contributed by atoms with Crippen molar-refractivity contribution in [3.63, 3.8) is 0 Å². The van der Waals surface area contributed by atoms with Gasteiger partial charge in [0.05, 0.1) is 0 Å². The number of hydrogen-bond donors (Lipinski definition) is 1. The zero-order valence-electron chi connectivity index (χ0n) is 11.4. The van der Waals surface area contributed by atoms with Crippen LogP contribution in [0.4, 0.5) is 0 Å². The summed E-state index contributed by atoms with van der Waals surface area (Å²) in [4.78, 5) is 14.2. The molecule has 1 aromatic rings. The fraction of sp³-hybridized carbons (Fsp3) is 0.615. The number of hydrogen-bond acceptors (Lipinski definition) is 2. The molecule has 0 saturated heterocycles. The van der Waals surface area contributed by atoms with Gasteiger partial charge in [-0.25, -0.2) is 0 Å². The van der Waals surface area contributed by atoms with Gasteiger partial charge in [0.25, 0.3) is 5.91 Å². The predicted octanol–water partition coefficient (Wildman–Crippen LogP) is 1.34. The van der Waals surface area contributed by atoms with Crippen LogP contribution in [-0.2, 0) is 7.05 Å². The van der Waals surface area contributed by atoms with Gasteiger partial charge in [0, 0.05) is 25.8 Å². The number of likely N-dealkylation sites (N-methyl/N-ethyl adjacent to an activating group) is 1. The molecular formula is C13H23N3O. The van der Waals surface area contributed by atoms with Crippen LogP contribution in [0.1, 0.15) is 24.3 Å². The molecule has 1 amide bonds. The van der Waals surface area contributed by atoms with Crippen molar-refractivity contribution in [2.75, 3.05) is 20.6 Å². The Hall–Kier alpha value is -1.29. The molecule has 0 aromatic carbocycles. The molecule has 0 radical (unpaired) electrons. The summed E-state index contributed by atoms with van der Waals surface area (Å²) in [5.41, 5.74) is 0.703. The highest BCUT2D eigenvalue weighted by atomic mass is 16.2. The Labute approximate surface area is 104 Å². The monoisotopic (exact) mass is 237 g/mol.